The van der Waals surface area contributed by atoms with E-state index in [1.807, 2.05) is 17.9 Å². The largest absolute Gasteiger partial charge is 0.386 e. The molecule has 3 rings (SSSR count). The summed E-state index contributed by atoms with van der Waals surface area (Å²) in [6.07, 6.45) is 7.57. The Morgan fingerprint density at radius 3 is 3.00 bits per heavy atom. The van der Waals surface area contributed by atoms with Crippen LogP contribution in [0.1, 0.15) is 18.5 Å². The molecule has 1 fully saturated rings. The summed E-state index contributed by atoms with van der Waals surface area (Å²) in [5, 5.41) is 17.6. The zero-order valence-electron chi connectivity index (χ0n) is 13.7. The summed E-state index contributed by atoms with van der Waals surface area (Å²) in [5.41, 5.74) is 0.0891. The smallest absolute Gasteiger partial charge is 0.221 e. The third-order valence-corrected chi connectivity index (χ3v) is 4.30. The van der Waals surface area contributed by atoms with Gasteiger partial charge in [0.2, 0.25) is 5.91 Å². The lowest BCUT2D eigenvalue weighted by Crippen LogP contribution is -2.45. The molecule has 24 heavy (non-hydrogen) atoms. The number of nitrogens with one attached hydrogen (secondary N) is 1. The van der Waals surface area contributed by atoms with E-state index in [0.29, 0.717) is 32.5 Å². The predicted octanol–water partition coefficient (Wildman–Crippen LogP) is 0.129. The van der Waals surface area contributed by atoms with E-state index in [2.05, 4.69) is 20.4 Å². The van der Waals surface area contributed by atoms with E-state index >= 15 is 0 Å². The van der Waals surface area contributed by atoms with Gasteiger partial charge in [0.05, 0.1) is 6.20 Å². The van der Waals surface area contributed by atoms with Gasteiger partial charge >= 0.3 is 0 Å². The minimum absolute atomic E-state index is 0.0868. The lowest BCUT2D eigenvalue weighted by atomic mass is 10.0. The maximum absolute atomic E-state index is 12.0. The Morgan fingerprint density at radius 1 is 1.42 bits per heavy atom. The summed E-state index contributed by atoms with van der Waals surface area (Å²) in [4.78, 5) is 22.3. The lowest BCUT2D eigenvalue weighted by molar-refractivity contribution is -0.122. The van der Waals surface area contributed by atoms with Crippen molar-refractivity contribution in [2.24, 2.45) is 0 Å². The van der Waals surface area contributed by atoms with Gasteiger partial charge in [-0.2, -0.15) is 5.10 Å². The number of carbonyl (C=O) groups excluding carboxylic acids is 1. The zero-order chi connectivity index (χ0) is 17.0. The molecule has 1 amide bonds. The molecule has 1 aliphatic rings. The van der Waals surface area contributed by atoms with Crippen LogP contribution in [-0.2, 0) is 11.3 Å². The number of rotatable bonds is 6. The van der Waals surface area contributed by atoms with Crippen LogP contribution in [0.5, 0.6) is 0 Å². The first-order valence-corrected chi connectivity index (χ1v) is 8.04. The first-order chi connectivity index (χ1) is 11.6. The van der Waals surface area contributed by atoms with Gasteiger partial charge in [0, 0.05) is 56.9 Å². The van der Waals surface area contributed by atoms with Gasteiger partial charge in [0.1, 0.15) is 11.4 Å². The molecular weight excluding hydrogens is 308 g/mol. The highest BCUT2D eigenvalue weighted by Crippen LogP contribution is 2.24. The van der Waals surface area contributed by atoms with Gasteiger partial charge in [-0.05, 0) is 19.4 Å². The van der Waals surface area contributed by atoms with Crippen molar-refractivity contribution in [3.8, 4) is 0 Å². The molecule has 8 heteroatoms. The Balaban J connectivity index is 1.46. The summed E-state index contributed by atoms with van der Waals surface area (Å²) in [6.45, 7) is 3.85. The van der Waals surface area contributed by atoms with Gasteiger partial charge in [0.15, 0.2) is 0 Å². The standard InChI is InChI=1S/C16H22N6O2/c1-13-2-5-20-22(13)8-3-15(23)19-11-16(24)4-9-21(12-16)14-10-17-6-7-18-14/h2,5-7,10,24H,3-4,8-9,11-12H2,1H3,(H,19,23)/t16-/m1/s1. The molecule has 0 saturated carbocycles. The van der Waals surface area contributed by atoms with Crippen LogP contribution in [0.3, 0.4) is 0 Å². The van der Waals surface area contributed by atoms with Gasteiger partial charge < -0.3 is 15.3 Å². The maximum Gasteiger partial charge on any atom is 0.221 e. The molecule has 2 aromatic rings. The van der Waals surface area contributed by atoms with Gasteiger partial charge in [-0.15, -0.1) is 0 Å². The average molecular weight is 330 g/mol. The number of carbonyl (C=O) groups is 1. The number of aromatic nitrogens is 4. The van der Waals surface area contributed by atoms with Crippen molar-refractivity contribution in [1.82, 2.24) is 25.1 Å². The van der Waals surface area contributed by atoms with Crippen molar-refractivity contribution in [2.75, 3.05) is 24.5 Å². The van der Waals surface area contributed by atoms with E-state index in [4.69, 9.17) is 0 Å². The molecule has 1 aliphatic heterocycles. The number of hydrogen-bond acceptors (Lipinski definition) is 6. The molecule has 128 valence electrons. The molecule has 2 aromatic heterocycles. The van der Waals surface area contributed by atoms with Crippen LogP contribution >= 0.6 is 0 Å². The van der Waals surface area contributed by atoms with E-state index < -0.39 is 5.60 Å². The van der Waals surface area contributed by atoms with E-state index in [0.717, 1.165) is 11.5 Å². The molecule has 2 N–H and O–H groups in total. The highest BCUT2D eigenvalue weighted by atomic mass is 16.3. The second-order valence-corrected chi connectivity index (χ2v) is 6.18. The minimum atomic E-state index is -0.936. The zero-order valence-corrected chi connectivity index (χ0v) is 13.7. The molecule has 8 nitrogen and oxygen atoms in total. The molecule has 1 atom stereocenters. The van der Waals surface area contributed by atoms with Crippen molar-refractivity contribution < 1.29 is 9.90 Å². The fourth-order valence-electron chi connectivity index (χ4n) is 2.84. The fraction of sp³-hybridized carbons (Fsp3) is 0.500. The molecule has 0 aromatic carbocycles. The number of hydrogen-bond donors (Lipinski definition) is 2. The quantitative estimate of drug-likeness (QED) is 0.781. The fourth-order valence-corrected chi connectivity index (χ4v) is 2.84. The number of aliphatic hydroxyl groups is 1. The van der Waals surface area contributed by atoms with Crippen molar-refractivity contribution in [1.29, 1.82) is 0 Å². The SMILES string of the molecule is Cc1ccnn1CCC(=O)NC[C@]1(O)CCN(c2cnccn2)C1. The first-order valence-electron chi connectivity index (χ1n) is 8.04. The van der Waals surface area contributed by atoms with E-state index in [1.54, 1.807) is 29.5 Å². The van der Waals surface area contributed by atoms with Crippen LogP contribution in [0.15, 0.2) is 30.9 Å². The summed E-state index contributed by atoms with van der Waals surface area (Å²) >= 11 is 0. The normalized spacial score (nSPS) is 20.3. The van der Waals surface area contributed by atoms with Crippen molar-refractivity contribution in [3.05, 3.63) is 36.5 Å². The van der Waals surface area contributed by atoms with E-state index in [9.17, 15) is 9.90 Å². The number of β-amino-alcohol motifs (C(OH)–C–C–N with tert-alkyl or cyclic N) is 1. The number of aryl methyl sites for hydroxylation is 2. The summed E-state index contributed by atoms with van der Waals surface area (Å²) in [6, 6.07) is 1.90. The Morgan fingerprint density at radius 2 is 2.29 bits per heavy atom. The lowest BCUT2D eigenvalue weighted by Gasteiger charge is -2.24. The van der Waals surface area contributed by atoms with Crippen LogP contribution in [0.4, 0.5) is 5.82 Å². The monoisotopic (exact) mass is 330 g/mol. The molecular formula is C16H22N6O2. The molecule has 0 aliphatic carbocycles. The van der Waals surface area contributed by atoms with Crippen LogP contribution in [-0.4, -0.2) is 56.0 Å². The minimum Gasteiger partial charge on any atom is -0.386 e. The maximum atomic E-state index is 12.0. The predicted molar refractivity (Wildman–Crippen MR) is 88.4 cm³/mol. The third-order valence-electron chi connectivity index (χ3n) is 4.30. The second kappa shape index (κ2) is 6.96. The second-order valence-electron chi connectivity index (χ2n) is 6.18. The average Bonchev–Trinajstić information content (AvgIpc) is 3.18. The summed E-state index contributed by atoms with van der Waals surface area (Å²) in [7, 11) is 0. The van der Waals surface area contributed by atoms with Crippen molar-refractivity contribution in [2.45, 2.75) is 31.9 Å². The molecule has 3 heterocycles. The third kappa shape index (κ3) is 3.88. The van der Waals surface area contributed by atoms with E-state index in [1.165, 1.54) is 0 Å². The molecule has 0 bridgehead atoms. The topological polar surface area (TPSA) is 96.2 Å². The van der Waals surface area contributed by atoms with Gasteiger partial charge in [-0.25, -0.2) is 4.98 Å². The van der Waals surface area contributed by atoms with Crippen LogP contribution < -0.4 is 10.2 Å². The molecule has 0 spiro atoms. The van der Waals surface area contributed by atoms with E-state index in [-0.39, 0.29) is 12.5 Å². The van der Waals surface area contributed by atoms with Crippen LogP contribution in [0, 0.1) is 6.92 Å². The van der Waals surface area contributed by atoms with Crippen LogP contribution in [0.2, 0.25) is 0 Å². The number of anilines is 1. The van der Waals surface area contributed by atoms with Crippen LogP contribution in [0.25, 0.3) is 0 Å². The Labute approximate surface area is 140 Å². The van der Waals surface area contributed by atoms with Crippen molar-refractivity contribution >= 4 is 11.7 Å². The van der Waals surface area contributed by atoms with Crippen molar-refractivity contribution in [3.63, 3.8) is 0 Å². The molecule has 0 unspecified atom stereocenters. The Hall–Kier alpha value is -2.48. The first kappa shape index (κ1) is 16.4. The highest BCUT2D eigenvalue weighted by Gasteiger charge is 2.36. The number of nitrogens with zero attached hydrogens (tertiary/aromatic N) is 5. The Kier molecular flexibility index (Phi) is 4.75. The van der Waals surface area contributed by atoms with Gasteiger partial charge in [0.25, 0.3) is 0 Å². The molecule has 1 saturated heterocycles. The summed E-state index contributed by atoms with van der Waals surface area (Å²) < 4.78 is 1.79. The van der Waals surface area contributed by atoms with Gasteiger partial charge in [-0.3, -0.25) is 14.5 Å². The Bertz CT molecular complexity index is 689. The molecule has 0 radical (unpaired) electrons. The number of amides is 1. The summed E-state index contributed by atoms with van der Waals surface area (Å²) in [5.74, 6) is 0.658. The van der Waals surface area contributed by atoms with Gasteiger partial charge in [-0.1, -0.05) is 0 Å². The highest BCUT2D eigenvalue weighted by molar-refractivity contribution is 5.75.